The molecule has 0 bridgehead atoms. The number of imide groups is 1. The van der Waals surface area contributed by atoms with E-state index in [4.69, 9.17) is 14.3 Å². The number of ether oxygens (including phenoxy) is 2. The van der Waals surface area contributed by atoms with Gasteiger partial charge in [0.15, 0.2) is 0 Å². The van der Waals surface area contributed by atoms with E-state index in [0.717, 1.165) is 11.6 Å². The molecule has 0 unspecified atom stereocenters. The van der Waals surface area contributed by atoms with Gasteiger partial charge in [0.2, 0.25) is 0 Å². The molecular weight excluding hydrogens is 448 g/mol. The lowest BCUT2D eigenvalue weighted by Crippen LogP contribution is -2.46. The molecular formula is C22H30N2O8Si. The number of carbonyl (C=O) groups excluding carboxylic acids is 5. The summed E-state index contributed by atoms with van der Waals surface area (Å²) < 4.78 is 10.3. The van der Waals surface area contributed by atoms with Crippen LogP contribution in [0.1, 0.15) is 31.2 Å². The van der Waals surface area contributed by atoms with Gasteiger partial charge in [-0.2, -0.15) is 0 Å². The Balaban J connectivity index is 1.92. The second-order valence-corrected chi connectivity index (χ2v) is 14.4. The SMILES string of the molecule is C[Si](C)(C)CCOC(=O)N[C@H](CCC(=O)OCc1ccccc1)C(=O)ON1C(=O)CCC1=O. The van der Waals surface area contributed by atoms with Crippen LogP contribution < -0.4 is 5.32 Å². The zero-order chi connectivity index (χ0) is 24.4. The number of nitrogens with zero attached hydrogens (tertiary/aromatic N) is 1. The van der Waals surface area contributed by atoms with Crippen LogP contribution in [0.25, 0.3) is 0 Å². The van der Waals surface area contributed by atoms with Gasteiger partial charge in [0.1, 0.15) is 12.6 Å². The van der Waals surface area contributed by atoms with E-state index in [1.807, 2.05) is 18.2 Å². The molecule has 1 aromatic rings. The van der Waals surface area contributed by atoms with Crippen molar-refractivity contribution in [1.29, 1.82) is 0 Å². The summed E-state index contributed by atoms with van der Waals surface area (Å²) in [6, 6.07) is 8.49. The van der Waals surface area contributed by atoms with Gasteiger partial charge in [0.25, 0.3) is 11.8 Å². The van der Waals surface area contributed by atoms with Crippen LogP contribution in [0.5, 0.6) is 0 Å². The highest BCUT2D eigenvalue weighted by molar-refractivity contribution is 6.76. The van der Waals surface area contributed by atoms with Gasteiger partial charge in [-0.1, -0.05) is 50.0 Å². The van der Waals surface area contributed by atoms with Gasteiger partial charge in [0, 0.05) is 27.3 Å². The highest BCUT2D eigenvalue weighted by atomic mass is 28.3. The minimum absolute atomic E-state index is 0.0608. The van der Waals surface area contributed by atoms with E-state index in [2.05, 4.69) is 25.0 Å². The lowest BCUT2D eigenvalue weighted by molar-refractivity contribution is -0.199. The zero-order valence-electron chi connectivity index (χ0n) is 19.1. The molecule has 33 heavy (non-hydrogen) atoms. The van der Waals surface area contributed by atoms with Crippen molar-refractivity contribution in [3.63, 3.8) is 0 Å². The number of benzene rings is 1. The van der Waals surface area contributed by atoms with Crippen LogP contribution in [0.4, 0.5) is 4.79 Å². The molecule has 3 amide bonds. The number of amides is 3. The molecule has 0 aliphatic carbocycles. The van der Waals surface area contributed by atoms with E-state index in [-0.39, 0.29) is 38.9 Å². The number of carbonyl (C=O) groups is 5. The number of hydrogen-bond acceptors (Lipinski definition) is 8. The van der Waals surface area contributed by atoms with E-state index in [1.54, 1.807) is 12.1 Å². The lowest BCUT2D eigenvalue weighted by atomic mass is 10.1. The standard InChI is InChI=1S/C22H30N2O8Si/c1-33(2,3)14-13-30-22(29)23-17(21(28)32-24-18(25)10-11-19(24)26)9-12-20(27)31-15-16-7-5-4-6-8-16/h4-8,17H,9-15H2,1-3H3,(H,23,29)/t17-/m1/s1. The molecule has 11 heteroatoms. The first-order valence-corrected chi connectivity index (χ1v) is 14.5. The molecule has 1 saturated heterocycles. The topological polar surface area (TPSA) is 128 Å². The van der Waals surface area contributed by atoms with Crippen LogP contribution in [0.3, 0.4) is 0 Å². The Morgan fingerprint density at radius 2 is 1.67 bits per heavy atom. The molecule has 0 radical (unpaired) electrons. The van der Waals surface area contributed by atoms with Crippen LogP contribution in [0.15, 0.2) is 30.3 Å². The molecule has 1 aromatic carbocycles. The molecule has 1 heterocycles. The van der Waals surface area contributed by atoms with Crippen molar-refractivity contribution >= 4 is 37.9 Å². The van der Waals surface area contributed by atoms with Crippen molar-refractivity contribution in [2.75, 3.05) is 6.61 Å². The Morgan fingerprint density at radius 3 is 2.27 bits per heavy atom. The summed E-state index contributed by atoms with van der Waals surface area (Å²) in [4.78, 5) is 65.2. The van der Waals surface area contributed by atoms with E-state index >= 15 is 0 Å². The van der Waals surface area contributed by atoms with Crippen molar-refractivity contribution in [2.24, 2.45) is 0 Å². The number of alkyl carbamates (subject to hydrolysis) is 1. The van der Waals surface area contributed by atoms with Crippen molar-refractivity contribution in [1.82, 2.24) is 10.4 Å². The minimum atomic E-state index is -1.43. The molecule has 0 aromatic heterocycles. The summed E-state index contributed by atoms with van der Waals surface area (Å²) >= 11 is 0. The van der Waals surface area contributed by atoms with Crippen LogP contribution in [0.2, 0.25) is 25.7 Å². The van der Waals surface area contributed by atoms with E-state index < -0.39 is 44.0 Å². The summed E-state index contributed by atoms with van der Waals surface area (Å²) in [6.07, 6.45) is -1.34. The highest BCUT2D eigenvalue weighted by Gasteiger charge is 2.35. The van der Waals surface area contributed by atoms with Crippen molar-refractivity contribution in [3.8, 4) is 0 Å². The fourth-order valence-electron chi connectivity index (χ4n) is 2.77. The predicted octanol–water partition coefficient (Wildman–Crippen LogP) is 2.55. The Morgan fingerprint density at radius 1 is 1.03 bits per heavy atom. The fourth-order valence-corrected chi connectivity index (χ4v) is 3.48. The molecule has 2 rings (SSSR count). The van der Waals surface area contributed by atoms with Crippen LogP contribution >= 0.6 is 0 Å². The summed E-state index contributed by atoms with van der Waals surface area (Å²) in [7, 11) is -1.43. The first-order chi connectivity index (χ1) is 15.5. The second-order valence-electron chi connectivity index (χ2n) is 8.82. The monoisotopic (exact) mass is 478 g/mol. The number of nitrogens with one attached hydrogen (secondary N) is 1. The molecule has 0 spiro atoms. The largest absolute Gasteiger partial charge is 0.461 e. The predicted molar refractivity (Wildman–Crippen MR) is 119 cm³/mol. The van der Waals surface area contributed by atoms with E-state index in [0.29, 0.717) is 5.06 Å². The summed E-state index contributed by atoms with van der Waals surface area (Å²) in [5.41, 5.74) is 0.803. The molecule has 1 N–H and O–H groups in total. The first kappa shape index (κ1) is 26.0. The van der Waals surface area contributed by atoms with Gasteiger partial charge in [-0.3, -0.25) is 14.4 Å². The zero-order valence-corrected chi connectivity index (χ0v) is 20.1. The quantitative estimate of drug-likeness (QED) is 0.292. The smallest absolute Gasteiger partial charge is 0.407 e. The van der Waals surface area contributed by atoms with Gasteiger partial charge in [0.05, 0.1) is 6.61 Å². The van der Waals surface area contributed by atoms with Gasteiger partial charge < -0.3 is 19.6 Å². The maximum atomic E-state index is 12.6. The molecule has 10 nitrogen and oxygen atoms in total. The van der Waals surface area contributed by atoms with E-state index in [1.165, 1.54) is 0 Å². The van der Waals surface area contributed by atoms with Gasteiger partial charge in [-0.05, 0) is 18.0 Å². The number of esters is 1. The minimum Gasteiger partial charge on any atom is -0.461 e. The maximum Gasteiger partial charge on any atom is 0.407 e. The summed E-state index contributed by atoms with van der Waals surface area (Å²) in [5.74, 6) is -2.92. The Hall–Kier alpha value is -3.21. The van der Waals surface area contributed by atoms with Gasteiger partial charge in [-0.25, -0.2) is 9.59 Å². The Labute approximate surface area is 193 Å². The summed E-state index contributed by atoms with van der Waals surface area (Å²) in [5, 5.41) is 2.75. The third-order valence-electron chi connectivity index (χ3n) is 4.73. The van der Waals surface area contributed by atoms with E-state index in [9.17, 15) is 24.0 Å². The van der Waals surface area contributed by atoms with Crippen molar-refractivity contribution in [2.45, 2.75) is 64.0 Å². The van der Waals surface area contributed by atoms with Crippen LogP contribution in [-0.4, -0.2) is 55.6 Å². The molecule has 1 aliphatic heterocycles. The first-order valence-electron chi connectivity index (χ1n) is 10.8. The van der Waals surface area contributed by atoms with Crippen LogP contribution in [0, 0.1) is 0 Å². The number of hydrogen-bond donors (Lipinski definition) is 1. The van der Waals surface area contributed by atoms with Crippen molar-refractivity contribution in [3.05, 3.63) is 35.9 Å². The fraction of sp³-hybridized carbons (Fsp3) is 0.500. The Kier molecular flexibility index (Phi) is 9.58. The van der Waals surface area contributed by atoms with Gasteiger partial charge >= 0.3 is 18.0 Å². The second kappa shape index (κ2) is 12.1. The number of rotatable bonds is 11. The molecule has 1 aliphatic rings. The summed E-state index contributed by atoms with van der Waals surface area (Å²) in [6.45, 7) is 6.63. The maximum absolute atomic E-state index is 12.6. The average Bonchev–Trinajstić information content (AvgIpc) is 3.07. The molecule has 0 saturated carbocycles. The lowest BCUT2D eigenvalue weighted by Gasteiger charge is -2.20. The van der Waals surface area contributed by atoms with Crippen LogP contribution in [-0.2, 0) is 40.1 Å². The number of hydroxylamine groups is 2. The molecule has 1 atom stereocenters. The normalized spacial score (nSPS) is 14.6. The third kappa shape index (κ3) is 9.44. The Bertz CT molecular complexity index is 853. The average molecular weight is 479 g/mol. The van der Waals surface area contributed by atoms with Gasteiger partial charge in [-0.15, -0.1) is 5.06 Å². The van der Waals surface area contributed by atoms with Crippen molar-refractivity contribution < 1.29 is 38.3 Å². The highest BCUT2D eigenvalue weighted by Crippen LogP contribution is 2.14. The molecule has 180 valence electrons. The third-order valence-corrected chi connectivity index (χ3v) is 6.43. The molecule has 1 fully saturated rings.